The quantitative estimate of drug-likeness (QED) is 0.751. The highest BCUT2D eigenvalue weighted by atomic mass is 16.5. The summed E-state index contributed by atoms with van der Waals surface area (Å²) in [5.41, 5.74) is 6.13. The maximum Gasteiger partial charge on any atom is 0.244 e. The lowest BCUT2D eigenvalue weighted by molar-refractivity contribution is -0.117. The van der Waals surface area contributed by atoms with Gasteiger partial charge in [-0.3, -0.25) is 4.79 Å². The molecule has 1 aromatic rings. The van der Waals surface area contributed by atoms with Crippen LogP contribution in [0.4, 0.5) is 0 Å². The lowest BCUT2D eigenvalue weighted by Crippen LogP contribution is -2.48. The summed E-state index contributed by atoms with van der Waals surface area (Å²) in [6, 6.07) is 7.64. The van der Waals surface area contributed by atoms with Gasteiger partial charge in [0.15, 0.2) is 0 Å². The second kappa shape index (κ2) is 7.70. The molecule has 0 aromatic heterocycles. The Balaban J connectivity index is 2.55. The highest BCUT2D eigenvalue weighted by Gasteiger charge is 2.16. The van der Waals surface area contributed by atoms with Crippen molar-refractivity contribution in [2.75, 3.05) is 13.2 Å². The van der Waals surface area contributed by atoms with E-state index in [1.807, 2.05) is 38.1 Å². The van der Waals surface area contributed by atoms with Crippen LogP contribution in [0.2, 0.25) is 0 Å². The van der Waals surface area contributed by atoms with Gasteiger partial charge in [-0.15, -0.1) is 0 Å². The van der Waals surface area contributed by atoms with E-state index in [2.05, 4.69) is 12.2 Å². The van der Waals surface area contributed by atoms with Crippen molar-refractivity contribution in [3.05, 3.63) is 35.9 Å². The highest BCUT2D eigenvalue weighted by molar-refractivity contribution is 5.92. The van der Waals surface area contributed by atoms with Crippen molar-refractivity contribution in [3.8, 4) is 5.75 Å². The van der Waals surface area contributed by atoms with Gasteiger partial charge in [0.2, 0.25) is 5.91 Å². The molecule has 0 spiro atoms. The molecule has 3 N–H and O–H groups in total. The van der Waals surface area contributed by atoms with Gasteiger partial charge >= 0.3 is 0 Å². The SMILES string of the molecule is CCCOc1ccc(/C=C/C(=O)NC(C)(C)CN)cc1. The third-order valence-corrected chi connectivity index (χ3v) is 2.75. The van der Waals surface area contributed by atoms with Gasteiger partial charge in [0, 0.05) is 18.2 Å². The van der Waals surface area contributed by atoms with E-state index in [1.165, 1.54) is 6.08 Å². The Bertz CT molecular complexity index is 450. The summed E-state index contributed by atoms with van der Waals surface area (Å²) < 4.78 is 5.50. The zero-order valence-corrected chi connectivity index (χ0v) is 12.5. The fraction of sp³-hybridized carbons (Fsp3) is 0.438. The van der Waals surface area contributed by atoms with E-state index >= 15 is 0 Å². The maximum atomic E-state index is 11.7. The van der Waals surface area contributed by atoms with Crippen LogP contribution in [0, 0.1) is 0 Å². The number of nitrogens with one attached hydrogen (secondary N) is 1. The first-order chi connectivity index (χ1) is 9.46. The van der Waals surface area contributed by atoms with Crippen LogP contribution in [0.25, 0.3) is 6.08 Å². The number of ether oxygens (including phenoxy) is 1. The molecular formula is C16H24N2O2. The highest BCUT2D eigenvalue weighted by Crippen LogP contribution is 2.13. The summed E-state index contributed by atoms with van der Waals surface area (Å²) in [4.78, 5) is 11.7. The zero-order chi connectivity index (χ0) is 15.0. The van der Waals surface area contributed by atoms with E-state index in [-0.39, 0.29) is 11.4 Å². The van der Waals surface area contributed by atoms with Crippen LogP contribution in [0.15, 0.2) is 30.3 Å². The monoisotopic (exact) mass is 276 g/mol. The first-order valence-electron chi connectivity index (χ1n) is 6.90. The van der Waals surface area contributed by atoms with E-state index in [9.17, 15) is 4.79 Å². The van der Waals surface area contributed by atoms with Crippen molar-refractivity contribution in [2.45, 2.75) is 32.7 Å². The van der Waals surface area contributed by atoms with Gasteiger partial charge in [-0.25, -0.2) is 0 Å². The number of hydrogen-bond donors (Lipinski definition) is 2. The number of rotatable bonds is 7. The average Bonchev–Trinajstić information content (AvgIpc) is 2.43. The van der Waals surface area contributed by atoms with E-state index in [0.717, 1.165) is 17.7 Å². The molecule has 0 radical (unpaired) electrons. The molecule has 0 bridgehead atoms. The second-order valence-corrected chi connectivity index (χ2v) is 5.33. The molecule has 0 aliphatic carbocycles. The van der Waals surface area contributed by atoms with Crippen molar-refractivity contribution < 1.29 is 9.53 Å². The molecule has 0 aliphatic heterocycles. The first-order valence-corrected chi connectivity index (χ1v) is 6.90. The molecule has 0 unspecified atom stereocenters. The Morgan fingerprint density at radius 2 is 2.00 bits per heavy atom. The van der Waals surface area contributed by atoms with Crippen molar-refractivity contribution >= 4 is 12.0 Å². The van der Waals surface area contributed by atoms with Crippen LogP contribution in [0.3, 0.4) is 0 Å². The van der Waals surface area contributed by atoms with Crippen molar-refractivity contribution in [3.63, 3.8) is 0 Å². The molecule has 20 heavy (non-hydrogen) atoms. The second-order valence-electron chi connectivity index (χ2n) is 5.33. The van der Waals surface area contributed by atoms with Crippen LogP contribution >= 0.6 is 0 Å². The fourth-order valence-electron chi connectivity index (χ4n) is 1.49. The normalized spacial score (nSPS) is 11.6. The number of amides is 1. The van der Waals surface area contributed by atoms with Gasteiger partial charge in [-0.05, 0) is 44.0 Å². The lowest BCUT2D eigenvalue weighted by atomic mass is 10.1. The van der Waals surface area contributed by atoms with Gasteiger partial charge < -0.3 is 15.8 Å². The molecule has 0 heterocycles. The molecule has 1 rings (SSSR count). The predicted octanol–water partition coefficient (Wildman–Crippen LogP) is 2.34. The molecule has 4 nitrogen and oxygen atoms in total. The van der Waals surface area contributed by atoms with Crippen LogP contribution in [-0.4, -0.2) is 24.6 Å². The molecule has 4 heteroatoms. The van der Waals surface area contributed by atoms with Crippen LogP contribution in [0.5, 0.6) is 5.75 Å². The van der Waals surface area contributed by atoms with Crippen LogP contribution in [-0.2, 0) is 4.79 Å². The van der Waals surface area contributed by atoms with Gasteiger partial charge in [-0.2, -0.15) is 0 Å². The Morgan fingerprint density at radius 3 is 2.55 bits per heavy atom. The molecule has 0 saturated carbocycles. The minimum Gasteiger partial charge on any atom is -0.494 e. The van der Waals surface area contributed by atoms with Crippen molar-refractivity contribution in [2.24, 2.45) is 5.73 Å². The molecular weight excluding hydrogens is 252 g/mol. The Kier molecular flexibility index (Phi) is 6.25. The predicted molar refractivity (Wildman–Crippen MR) is 82.5 cm³/mol. The Hall–Kier alpha value is -1.81. The molecule has 110 valence electrons. The van der Waals surface area contributed by atoms with Gasteiger partial charge in [0.25, 0.3) is 0 Å². The van der Waals surface area contributed by atoms with Crippen LogP contribution < -0.4 is 15.8 Å². The minimum atomic E-state index is -0.390. The summed E-state index contributed by atoms with van der Waals surface area (Å²) in [6.07, 6.45) is 4.27. The molecule has 0 saturated heterocycles. The number of hydrogen-bond acceptors (Lipinski definition) is 3. The van der Waals surface area contributed by atoms with E-state index in [1.54, 1.807) is 6.08 Å². The number of carbonyl (C=O) groups excluding carboxylic acids is 1. The summed E-state index contributed by atoms with van der Waals surface area (Å²) in [5.74, 6) is 0.699. The summed E-state index contributed by atoms with van der Waals surface area (Å²) in [7, 11) is 0. The average molecular weight is 276 g/mol. The zero-order valence-electron chi connectivity index (χ0n) is 12.5. The molecule has 1 aromatic carbocycles. The van der Waals surface area contributed by atoms with Crippen molar-refractivity contribution in [1.29, 1.82) is 0 Å². The number of benzene rings is 1. The number of nitrogens with two attached hydrogens (primary N) is 1. The minimum absolute atomic E-state index is 0.147. The Labute approximate surface area is 121 Å². The molecule has 0 aliphatic rings. The number of carbonyl (C=O) groups is 1. The summed E-state index contributed by atoms with van der Waals surface area (Å²) in [6.45, 7) is 6.96. The smallest absolute Gasteiger partial charge is 0.244 e. The Morgan fingerprint density at radius 1 is 1.35 bits per heavy atom. The maximum absolute atomic E-state index is 11.7. The van der Waals surface area contributed by atoms with Crippen LogP contribution in [0.1, 0.15) is 32.8 Å². The topological polar surface area (TPSA) is 64.3 Å². The third kappa shape index (κ3) is 5.89. The van der Waals surface area contributed by atoms with E-state index in [4.69, 9.17) is 10.5 Å². The van der Waals surface area contributed by atoms with Gasteiger partial charge in [0.05, 0.1) is 6.61 Å². The van der Waals surface area contributed by atoms with Gasteiger partial charge in [0.1, 0.15) is 5.75 Å². The largest absolute Gasteiger partial charge is 0.494 e. The first kappa shape index (κ1) is 16.2. The van der Waals surface area contributed by atoms with E-state index in [0.29, 0.717) is 13.2 Å². The third-order valence-electron chi connectivity index (χ3n) is 2.75. The van der Waals surface area contributed by atoms with Gasteiger partial charge in [-0.1, -0.05) is 19.1 Å². The molecule has 1 amide bonds. The lowest BCUT2D eigenvalue weighted by Gasteiger charge is -2.23. The standard InChI is InChI=1S/C16H24N2O2/c1-4-11-20-14-8-5-13(6-9-14)7-10-15(19)18-16(2,3)12-17/h5-10H,4,11-12,17H2,1-3H3,(H,18,19)/b10-7+. The van der Waals surface area contributed by atoms with Crippen molar-refractivity contribution in [1.82, 2.24) is 5.32 Å². The fourth-order valence-corrected chi connectivity index (χ4v) is 1.49. The van der Waals surface area contributed by atoms with E-state index < -0.39 is 0 Å². The summed E-state index contributed by atoms with van der Waals surface area (Å²) >= 11 is 0. The summed E-state index contributed by atoms with van der Waals surface area (Å²) in [5, 5.41) is 2.84. The molecule has 0 atom stereocenters. The molecule has 0 fully saturated rings.